The Labute approximate surface area is 154 Å². The number of carbonyl (C=O) groups excluding carboxylic acids is 2. The summed E-state index contributed by atoms with van der Waals surface area (Å²) in [5.41, 5.74) is 3.10. The van der Waals surface area contributed by atoms with Gasteiger partial charge in [0.25, 0.3) is 11.1 Å². The molecule has 1 fully saturated rings. The third kappa shape index (κ3) is 3.11. The van der Waals surface area contributed by atoms with Gasteiger partial charge in [-0.15, -0.1) is 0 Å². The van der Waals surface area contributed by atoms with Crippen molar-refractivity contribution >= 4 is 39.9 Å². The van der Waals surface area contributed by atoms with Crippen molar-refractivity contribution < 1.29 is 14.3 Å². The summed E-state index contributed by atoms with van der Waals surface area (Å²) in [4.78, 5) is 23.7. The molecule has 0 bridgehead atoms. The first-order valence-corrected chi connectivity index (χ1v) is 8.91. The number of para-hydroxylation sites is 1. The molecule has 3 aromatic rings. The Morgan fingerprint density at radius 2 is 2.00 bits per heavy atom. The topological polar surface area (TPSA) is 60.3 Å². The minimum Gasteiger partial charge on any atom is -0.497 e. The summed E-state index contributed by atoms with van der Waals surface area (Å²) < 4.78 is 7.43. The molecule has 0 spiro atoms. The van der Waals surface area contributed by atoms with Gasteiger partial charge >= 0.3 is 0 Å². The van der Waals surface area contributed by atoms with Gasteiger partial charge in [-0.05, 0) is 41.6 Å². The Morgan fingerprint density at radius 3 is 2.77 bits per heavy atom. The number of methoxy groups -OCH3 is 1. The first kappa shape index (κ1) is 16.5. The molecule has 1 N–H and O–H groups in total. The van der Waals surface area contributed by atoms with E-state index in [0.717, 1.165) is 39.5 Å². The average molecular weight is 364 g/mol. The van der Waals surface area contributed by atoms with Gasteiger partial charge in [0, 0.05) is 29.2 Å². The fourth-order valence-corrected chi connectivity index (χ4v) is 3.72. The van der Waals surface area contributed by atoms with Crippen LogP contribution in [0.1, 0.15) is 11.1 Å². The van der Waals surface area contributed by atoms with Crippen LogP contribution in [0.4, 0.5) is 4.79 Å². The fraction of sp³-hybridized carbons (Fsp3) is 0.100. The molecule has 0 unspecified atom stereocenters. The second-order valence-corrected chi connectivity index (χ2v) is 6.95. The van der Waals surface area contributed by atoms with Gasteiger partial charge in [0.2, 0.25) is 0 Å². The highest BCUT2D eigenvalue weighted by Crippen LogP contribution is 2.30. The van der Waals surface area contributed by atoms with Crippen LogP contribution in [-0.2, 0) is 11.3 Å². The number of nitrogens with zero attached hydrogens (tertiary/aromatic N) is 1. The van der Waals surface area contributed by atoms with E-state index >= 15 is 0 Å². The van der Waals surface area contributed by atoms with E-state index in [1.165, 1.54) is 0 Å². The van der Waals surface area contributed by atoms with Crippen LogP contribution in [0, 0.1) is 0 Å². The van der Waals surface area contributed by atoms with Crippen molar-refractivity contribution in [3.63, 3.8) is 0 Å². The zero-order valence-electron chi connectivity index (χ0n) is 14.1. The van der Waals surface area contributed by atoms with Gasteiger partial charge < -0.3 is 9.30 Å². The summed E-state index contributed by atoms with van der Waals surface area (Å²) in [5.74, 6) is 0.475. The number of hydrogen-bond acceptors (Lipinski definition) is 4. The lowest BCUT2D eigenvalue weighted by Gasteiger charge is -2.07. The molecule has 0 aliphatic carbocycles. The number of hydrogen-bond donors (Lipinski definition) is 1. The molecule has 4 rings (SSSR count). The molecule has 1 aromatic heterocycles. The molecule has 0 atom stereocenters. The minimum absolute atomic E-state index is 0.332. The molecule has 2 amide bonds. The highest BCUT2D eigenvalue weighted by Gasteiger charge is 2.25. The molecule has 1 aliphatic heterocycles. The highest BCUT2D eigenvalue weighted by molar-refractivity contribution is 8.18. The number of nitrogens with one attached hydrogen (secondary N) is 1. The first-order chi connectivity index (χ1) is 12.6. The third-order valence-electron chi connectivity index (χ3n) is 4.24. The number of aromatic nitrogens is 1. The number of carbonyl (C=O) groups is 2. The Kier molecular flexibility index (Phi) is 4.26. The highest BCUT2D eigenvalue weighted by atomic mass is 32.2. The van der Waals surface area contributed by atoms with E-state index in [1.54, 1.807) is 13.2 Å². The maximum atomic E-state index is 11.9. The van der Waals surface area contributed by atoms with Crippen LogP contribution < -0.4 is 10.1 Å². The maximum absolute atomic E-state index is 11.9. The lowest BCUT2D eigenvalue weighted by Crippen LogP contribution is -2.17. The zero-order chi connectivity index (χ0) is 18.1. The summed E-state index contributed by atoms with van der Waals surface area (Å²) in [6, 6.07) is 16.0. The summed E-state index contributed by atoms with van der Waals surface area (Å²) >= 11 is 0.931. The van der Waals surface area contributed by atoms with Crippen LogP contribution in [-0.4, -0.2) is 22.8 Å². The Morgan fingerprint density at radius 1 is 1.15 bits per heavy atom. The van der Waals surface area contributed by atoms with Crippen LogP contribution in [0.5, 0.6) is 5.75 Å². The molecular formula is C20H16N2O3S. The standard InChI is InChI=1S/C20H16N2O3S/c1-25-15-6-4-5-13(9-15)11-22-12-14(16-7-2-3-8-17(16)22)10-18-19(23)21-20(24)26-18/h2-10,12H,11H2,1H3,(H,21,23,24)/b18-10-. The van der Waals surface area contributed by atoms with E-state index in [2.05, 4.69) is 9.88 Å². The SMILES string of the molecule is COc1cccc(Cn2cc(/C=C3\SC(=O)NC3=O)c3ccccc32)c1. The molecule has 26 heavy (non-hydrogen) atoms. The second kappa shape index (κ2) is 6.72. The van der Waals surface area contributed by atoms with Crippen molar-refractivity contribution in [3.05, 3.63) is 70.8 Å². The van der Waals surface area contributed by atoms with Crippen molar-refractivity contribution in [2.24, 2.45) is 0 Å². The molecule has 2 heterocycles. The maximum Gasteiger partial charge on any atom is 0.290 e. The summed E-state index contributed by atoms with van der Waals surface area (Å²) in [6.45, 7) is 0.680. The van der Waals surface area contributed by atoms with Gasteiger partial charge in [-0.3, -0.25) is 14.9 Å². The zero-order valence-corrected chi connectivity index (χ0v) is 14.9. The molecular weight excluding hydrogens is 348 g/mol. The fourth-order valence-electron chi connectivity index (χ4n) is 3.05. The smallest absolute Gasteiger partial charge is 0.290 e. The van der Waals surface area contributed by atoms with Crippen LogP contribution in [0.2, 0.25) is 0 Å². The Balaban J connectivity index is 1.75. The predicted molar refractivity (Wildman–Crippen MR) is 103 cm³/mol. The lowest BCUT2D eigenvalue weighted by molar-refractivity contribution is -0.115. The van der Waals surface area contributed by atoms with Crippen molar-refractivity contribution in [3.8, 4) is 5.75 Å². The van der Waals surface area contributed by atoms with Crippen LogP contribution >= 0.6 is 11.8 Å². The molecule has 0 radical (unpaired) electrons. The largest absolute Gasteiger partial charge is 0.497 e. The van der Waals surface area contributed by atoms with Gasteiger partial charge in [0.05, 0.1) is 12.0 Å². The monoisotopic (exact) mass is 364 g/mol. The molecule has 1 saturated heterocycles. The minimum atomic E-state index is -0.343. The number of fused-ring (bicyclic) bond motifs is 1. The quantitative estimate of drug-likeness (QED) is 0.710. The van der Waals surface area contributed by atoms with E-state index in [-0.39, 0.29) is 11.1 Å². The molecule has 1 aliphatic rings. The van der Waals surface area contributed by atoms with Gasteiger partial charge in [-0.2, -0.15) is 0 Å². The van der Waals surface area contributed by atoms with Crippen LogP contribution in [0.15, 0.2) is 59.6 Å². The lowest BCUT2D eigenvalue weighted by atomic mass is 10.1. The molecule has 5 nitrogen and oxygen atoms in total. The second-order valence-electron chi connectivity index (χ2n) is 5.93. The van der Waals surface area contributed by atoms with Crippen LogP contribution in [0.25, 0.3) is 17.0 Å². The van der Waals surface area contributed by atoms with Crippen LogP contribution in [0.3, 0.4) is 0 Å². The van der Waals surface area contributed by atoms with Gasteiger partial charge in [0.15, 0.2) is 0 Å². The third-order valence-corrected chi connectivity index (χ3v) is 5.05. The number of ether oxygens (including phenoxy) is 1. The summed E-state index contributed by atoms with van der Waals surface area (Å²) in [7, 11) is 1.65. The van der Waals surface area contributed by atoms with Crippen molar-refractivity contribution in [2.45, 2.75) is 6.54 Å². The van der Waals surface area contributed by atoms with Gasteiger partial charge in [0.1, 0.15) is 5.75 Å². The van der Waals surface area contributed by atoms with E-state index in [1.807, 2.05) is 54.7 Å². The molecule has 130 valence electrons. The number of amides is 2. The van der Waals surface area contributed by atoms with Crippen molar-refractivity contribution in [1.82, 2.24) is 9.88 Å². The Bertz CT molecular complexity index is 1050. The average Bonchev–Trinajstić information content (AvgIpc) is 3.15. The summed E-state index contributed by atoms with van der Waals surface area (Å²) in [5, 5.41) is 3.00. The Hall–Kier alpha value is -2.99. The molecule has 6 heteroatoms. The molecule has 0 saturated carbocycles. The number of rotatable bonds is 4. The predicted octanol–water partition coefficient (Wildman–Crippen LogP) is 4.02. The number of imide groups is 1. The molecule has 2 aromatic carbocycles. The summed E-state index contributed by atoms with van der Waals surface area (Å²) in [6.07, 6.45) is 3.78. The van der Waals surface area contributed by atoms with Crippen molar-refractivity contribution in [1.29, 1.82) is 0 Å². The van der Waals surface area contributed by atoms with E-state index < -0.39 is 0 Å². The van der Waals surface area contributed by atoms with E-state index in [4.69, 9.17) is 4.74 Å². The van der Waals surface area contributed by atoms with E-state index in [9.17, 15) is 9.59 Å². The normalized spacial score (nSPS) is 15.7. The number of benzene rings is 2. The number of thioether (sulfide) groups is 1. The van der Waals surface area contributed by atoms with Gasteiger partial charge in [-0.1, -0.05) is 30.3 Å². The van der Waals surface area contributed by atoms with Gasteiger partial charge in [-0.25, -0.2) is 0 Å². The first-order valence-electron chi connectivity index (χ1n) is 8.10. The van der Waals surface area contributed by atoms with Crippen molar-refractivity contribution in [2.75, 3.05) is 7.11 Å². The van der Waals surface area contributed by atoms with E-state index in [0.29, 0.717) is 11.4 Å².